The van der Waals surface area contributed by atoms with Gasteiger partial charge >= 0.3 is 12.1 Å². The number of hydrogen-bond donors (Lipinski definition) is 2. The van der Waals surface area contributed by atoms with Crippen molar-refractivity contribution < 1.29 is 53.4 Å². The number of alkyl halides is 3. The fourth-order valence-electron chi connectivity index (χ4n) is 5.10. The second-order valence-corrected chi connectivity index (χ2v) is 13.7. The number of sulfone groups is 1. The first kappa shape index (κ1) is 31.7. The molecule has 3 unspecified atom stereocenters. The molecule has 2 aromatic carbocycles. The molecule has 0 bridgehead atoms. The zero-order valence-corrected chi connectivity index (χ0v) is 22.6. The molecule has 1 aliphatic carbocycles. The lowest BCUT2D eigenvalue weighted by molar-refractivity contribution is -0.138. The summed E-state index contributed by atoms with van der Waals surface area (Å²) in [6.45, 7) is -0.358. The van der Waals surface area contributed by atoms with Crippen molar-refractivity contribution >= 4 is 25.8 Å². The summed E-state index contributed by atoms with van der Waals surface area (Å²) in [6.07, 6.45) is -4.63. The van der Waals surface area contributed by atoms with Crippen LogP contribution in [0.3, 0.4) is 0 Å². The van der Waals surface area contributed by atoms with Crippen molar-refractivity contribution in [3.8, 4) is 5.75 Å². The summed E-state index contributed by atoms with van der Waals surface area (Å²) in [6, 6.07) is 5.47. The van der Waals surface area contributed by atoms with E-state index in [9.17, 15) is 48.7 Å². The highest BCUT2D eigenvalue weighted by Gasteiger charge is 2.40. The van der Waals surface area contributed by atoms with Crippen LogP contribution in [0.4, 0.5) is 22.0 Å². The van der Waals surface area contributed by atoms with Crippen molar-refractivity contribution in [2.24, 2.45) is 22.9 Å². The third-order valence-corrected chi connectivity index (χ3v) is 10.2. The Kier molecular flexibility index (Phi) is 9.83. The molecule has 3 N–H and O–H groups in total. The second kappa shape index (κ2) is 12.4. The van der Waals surface area contributed by atoms with Gasteiger partial charge in [0.05, 0.1) is 34.5 Å². The quantitative estimate of drug-likeness (QED) is 0.358. The molecule has 0 radical (unpaired) electrons. The summed E-state index contributed by atoms with van der Waals surface area (Å²) < 4.78 is 123. The molecule has 40 heavy (non-hydrogen) atoms. The predicted octanol–water partition coefficient (Wildman–Crippen LogP) is 4.39. The van der Waals surface area contributed by atoms with Crippen molar-refractivity contribution in [1.82, 2.24) is 0 Å². The minimum atomic E-state index is -4.66. The molecule has 0 spiro atoms. The molecule has 15 heteroatoms. The number of sulfonamides is 1. The van der Waals surface area contributed by atoms with E-state index in [2.05, 4.69) is 0 Å². The number of halogens is 5. The van der Waals surface area contributed by atoms with Gasteiger partial charge in [0.2, 0.25) is 10.0 Å². The largest absolute Gasteiger partial charge is 0.490 e. The Bertz CT molecular complexity index is 1410. The van der Waals surface area contributed by atoms with Crippen LogP contribution in [-0.2, 0) is 30.8 Å². The first-order valence-corrected chi connectivity index (χ1v) is 15.4. The number of hydrogen-bond acceptors (Lipinski definition) is 6. The van der Waals surface area contributed by atoms with Gasteiger partial charge in [-0.1, -0.05) is 6.42 Å². The van der Waals surface area contributed by atoms with Crippen LogP contribution < -0.4 is 9.88 Å². The zero-order chi connectivity index (χ0) is 29.9. The summed E-state index contributed by atoms with van der Waals surface area (Å²) in [5.74, 6) is -6.22. The molecule has 1 fully saturated rings. The van der Waals surface area contributed by atoms with Crippen molar-refractivity contribution in [1.29, 1.82) is 0 Å². The predicted molar refractivity (Wildman–Crippen MR) is 133 cm³/mol. The summed E-state index contributed by atoms with van der Waals surface area (Å²) in [5.41, 5.74) is -1.03. The van der Waals surface area contributed by atoms with Gasteiger partial charge in [0, 0.05) is 6.07 Å². The maximum Gasteiger partial charge on any atom is 0.416 e. The normalized spacial score (nSPS) is 21.1. The Balaban J connectivity index is 1.92. The van der Waals surface area contributed by atoms with Crippen LogP contribution in [0.1, 0.15) is 37.7 Å². The van der Waals surface area contributed by atoms with E-state index in [1.807, 2.05) is 0 Å². The van der Waals surface area contributed by atoms with Crippen molar-refractivity contribution in [2.75, 3.05) is 12.4 Å². The van der Waals surface area contributed by atoms with Crippen molar-refractivity contribution in [2.45, 2.75) is 48.4 Å². The number of primary sulfonamides is 1. The van der Waals surface area contributed by atoms with Gasteiger partial charge in [0.15, 0.2) is 21.4 Å². The number of rotatable bonds is 11. The highest BCUT2D eigenvalue weighted by molar-refractivity contribution is 7.91. The third-order valence-electron chi connectivity index (χ3n) is 7.09. The van der Waals surface area contributed by atoms with E-state index in [0.29, 0.717) is 31.4 Å². The van der Waals surface area contributed by atoms with Crippen LogP contribution in [0.2, 0.25) is 0 Å². The van der Waals surface area contributed by atoms with Gasteiger partial charge in [-0.3, -0.25) is 4.79 Å². The van der Waals surface area contributed by atoms with E-state index in [4.69, 9.17) is 9.88 Å². The van der Waals surface area contributed by atoms with Crippen LogP contribution in [0.5, 0.6) is 5.75 Å². The molecule has 0 saturated heterocycles. The minimum absolute atomic E-state index is 0.248. The van der Waals surface area contributed by atoms with E-state index < -0.39 is 90.1 Å². The minimum Gasteiger partial charge on any atom is -0.490 e. The number of aliphatic carboxylic acids is 1. The molecule has 3 rings (SSSR count). The molecule has 4 atom stereocenters. The lowest BCUT2D eigenvalue weighted by Crippen LogP contribution is -2.41. The Morgan fingerprint density at radius 2 is 1.65 bits per heavy atom. The maximum absolute atomic E-state index is 14.2. The first-order valence-electron chi connectivity index (χ1n) is 12.2. The molecule has 1 saturated carbocycles. The van der Waals surface area contributed by atoms with Crippen LogP contribution in [0.25, 0.3) is 0 Å². The third kappa shape index (κ3) is 8.36. The maximum atomic E-state index is 14.2. The molecular formula is C25H28F5NO7S2. The Morgan fingerprint density at radius 3 is 2.23 bits per heavy atom. The number of benzene rings is 2. The highest BCUT2D eigenvalue weighted by atomic mass is 32.2. The van der Waals surface area contributed by atoms with E-state index in [1.165, 1.54) is 0 Å². The molecular weight excluding hydrogens is 585 g/mol. The Morgan fingerprint density at radius 1 is 1.02 bits per heavy atom. The lowest BCUT2D eigenvalue weighted by atomic mass is 9.71. The van der Waals surface area contributed by atoms with Gasteiger partial charge in [-0.05, 0) is 73.4 Å². The fraction of sp³-hybridized carbons (Fsp3) is 0.480. The second-order valence-electron chi connectivity index (χ2n) is 9.85. The fourth-order valence-corrected chi connectivity index (χ4v) is 7.71. The number of nitrogens with two attached hydrogens (primary N) is 1. The van der Waals surface area contributed by atoms with Gasteiger partial charge in [0.1, 0.15) is 5.82 Å². The average Bonchev–Trinajstić information content (AvgIpc) is 2.83. The van der Waals surface area contributed by atoms with Crippen molar-refractivity contribution in [3.05, 3.63) is 59.7 Å². The van der Waals surface area contributed by atoms with Crippen LogP contribution in [0, 0.1) is 29.4 Å². The monoisotopic (exact) mass is 613 g/mol. The standard InChI is InChI=1S/C25H28F5NO7S2/c26-18-6-9-22(27)23(11-18)38-13-21-15(10-20(12-24(32)33)40(31,36)37)2-1-3-16(21)14-39(34,35)19-7-4-17(5-8-19)25(28,29)30/h4-9,11,15-16,20-21H,1-3,10,12-14H2,(H,32,33)(H2,31,36,37)/t15?,16?,20?,21-/m0/s1. The van der Waals surface area contributed by atoms with Gasteiger partial charge in [-0.15, -0.1) is 0 Å². The first-order chi connectivity index (χ1) is 18.5. The SMILES string of the molecule is NS(=O)(=O)C(CC(=O)O)CC1CCCC(CS(=O)(=O)c2ccc(C(F)(F)F)cc2)[C@H]1COc1cc(F)ccc1F. The van der Waals surface area contributed by atoms with Gasteiger partial charge < -0.3 is 9.84 Å². The Labute approximate surface area is 228 Å². The van der Waals surface area contributed by atoms with E-state index >= 15 is 0 Å². The zero-order valence-electron chi connectivity index (χ0n) is 21.0. The van der Waals surface area contributed by atoms with E-state index in [0.717, 1.165) is 30.3 Å². The molecule has 2 aromatic rings. The average molecular weight is 614 g/mol. The lowest BCUT2D eigenvalue weighted by Gasteiger charge is -2.39. The molecule has 222 valence electrons. The number of carboxylic acids is 1. The van der Waals surface area contributed by atoms with Crippen LogP contribution >= 0.6 is 0 Å². The summed E-state index contributed by atoms with van der Waals surface area (Å²) in [5, 5.41) is 12.9. The molecule has 8 nitrogen and oxygen atoms in total. The van der Waals surface area contributed by atoms with Crippen LogP contribution in [0.15, 0.2) is 47.4 Å². The number of carbonyl (C=O) groups is 1. The summed E-state index contributed by atoms with van der Waals surface area (Å²) >= 11 is 0. The van der Waals surface area contributed by atoms with E-state index in [-0.39, 0.29) is 17.9 Å². The summed E-state index contributed by atoms with van der Waals surface area (Å²) in [4.78, 5) is 10.9. The van der Waals surface area contributed by atoms with Gasteiger partial charge in [-0.25, -0.2) is 30.8 Å². The van der Waals surface area contributed by atoms with Crippen LogP contribution in [-0.4, -0.2) is 45.5 Å². The Hall–Kier alpha value is -2.78. The van der Waals surface area contributed by atoms with Crippen molar-refractivity contribution in [3.63, 3.8) is 0 Å². The number of carboxylic acid groups (broad SMARTS) is 1. The molecule has 0 amide bonds. The van der Waals surface area contributed by atoms with E-state index in [1.54, 1.807) is 0 Å². The molecule has 1 aliphatic rings. The smallest absolute Gasteiger partial charge is 0.416 e. The molecule has 0 aromatic heterocycles. The molecule has 0 heterocycles. The molecule has 0 aliphatic heterocycles. The topological polar surface area (TPSA) is 141 Å². The van der Waals surface area contributed by atoms with Gasteiger partial charge in [-0.2, -0.15) is 13.2 Å². The highest BCUT2D eigenvalue weighted by Crippen LogP contribution is 2.41. The number of ether oxygens (including phenoxy) is 1. The summed E-state index contributed by atoms with van der Waals surface area (Å²) in [7, 11) is -8.46. The van der Waals surface area contributed by atoms with Gasteiger partial charge in [0.25, 0.3) is 0 Å².